The quantitative estimate of drug-likeness (QED) is 0.509. The number of benzene rings is 2. The highest BCUT2D eigenvalue weighted by atomic mass is 16.5. The molecule has 0 saturated heterocycles. The van der Waals surface area contributed by atoms with E-state index < -0.39 is 11.7 Å². The summed E-state index contributed by atoms with van der Waals surface area (Å²) in [5.74, 6) is -1.30. The molecule has 128 valence electrons. The molecule has 0 spiro atoms. The molecule has 0 aliphatic carbocycles. The van der Waals surface area contributed by atoms with E-state index >= 15 is 0 Å². The van der Waals surface area contributed by atoms with Crippen molar-refractivity contribution in [3.63, 3.8) is 0 Å². The molecule has 0 unspecified atom stereocenters. The van der Waals surface area contributed by atoms with E-state index in [1.807, 2.05) is 30.3 Å². The van der Waals surface area contributed by atoms with Crippen LogP contribution in [0, 0.1) is 0 Å². The van der Waals surface area contributed by atoms with Crippen molar-refractivity contribution in [3.05, 3.63) is 70.2 Å². The minimum Gasteiger partial charge on any atom is -0.464 e. The summed E-state index contributed by atoms with van der Waals surface area (Å²) >= 11 is 0. The fourth-order valence-corrected chi connectivity index (χ4v) is 2.54. The molecule has 1 aromatic heterocycles. The maximum atomic E-state index is 12.0. The second-order valence-corrected chi connectivity index (χ2v) is 5.65. The molecule has 3 aromatic rings. The Balaban J connectivity index is 1.67. The van der Waals surface area contributed by atoms with Gasteiger partial charge in [0, 0.05) is 12.0 Å². The third-order valence-corrected chi connectivity index (χ3v) is 3.86. The Morgan fingerprint density at radius 3 is 2.60 bits per heavy atom. The molecule has 2 aromatic carbocycles. The highest BCUT2D eigenvalue weighted by Crippen LogP contribution is 2.15. The smallest absolute Gasteiger partial charge is 0.420 e. The standard InChI is InChI=1S/C19H17NO5/c1-13(21)15-7-8-16-17(11-15)25-19(23)20(16)12-18(22)24-10-9-14-5-3-2-4-6-14/h2-8,11H,9-10,12H2,1H3. The lowest BCUT2D eigenvalue weighted by molar-refractivity contribution is -0.144. The van der Waals surface area contributed by atoms with Crippen LogP contribution in [0.1, 0.15) is 22.8 Å². The van der Waals surface area contributed by atoms with Gasteiger partial charge in [0.2, 0.25) is 0 Å². The molecule has 1 heterocycles. The van der Waals surface area contributed by atoms with E-state index in [9.17, 15) is 14.4 Å². The fourth-order valence-electron chi connectivity index (χ4n) is 2.54. The Kier molecular flexibility index (Phi) is 4.79. The molecular formula is C19H17NO5. The van der Waals surface area contributed by atoms with Gasteiger partial charge in [-0.2, -0.15) is 0 Å². The zero-order valence-corrected chi connectivity index (χ0v) is 13.7. The first-order valence-corrected chi connectivity index (χ1v) is 7.88. The molecule has 0 aliphatic heterocycles. The van der Waals surface area contributed by atoms with Gasteiger partial charge in [0.1, 0.15) is 6.54 Å². The van der Waals surface area contributed by atoms with Crippen LogP contribution in [0.25, 0.3) is 11.1 Å². The third kappa shape index (κ3) is 3.85. The number of Topliss-reactive ketones (excluding diaryl/α,β-unsaturated/α-hetero) is 1. The summed E-state index contributed by atoms with van der Waals surface area (Å²) in [5, 5.41) is 0. The molecule has 0 radical (unpaired) electrons. The third-order valence-electron chi connectivity index (χ3n) is 3.86. The van der Waals surface area contributed by atoms with E-state index in [0.717, 1.165) is 5.56 Å². The molecule has 0 bridgehead atoms. The molecular weight excluding hydrogens is 322 g/mol. The average Bonchev–Trinajstić information content (AvgIpc) is 2.90. The summed E-state index contributed by atoms with van der Waals surface area (Å²) in [5.41, 5.74) is 2.24. The zero-order valence-electron chi connectivity index (χ0n) is 13.7. The van der Waals surface area contributed by atoms with Gasteiger partial charge in [0.05, 0.1) is 12.1 Å². The molecule has 0 N–H and O–H groups in total. The molecule has 0 saturated carbocycles. The Morgan fingerprint density at radius 2 is 1.88 bits per heavy atom. The Labute approximate surface area is 143 Å². The summed E-state index contributed by atoms with van der Waals surface area (Å²) in [6, 6.07) is 14.3. The first kappa shape index (κ1) is 16.7. The van der Waals surface area contributed by atoms with Gasteiger partial charge in [0.25, 0.3) is 0 Å². The minimum absolute atomic E-state index is 0.127. The van der Waals surface area contributed by atoms with Gasteiger partial charge in [0.15, 0.2) is 11.4 Å². The zero-order chi connectivity index (χ0) is 17.8. The van der Waals surface area contributed by atoms with E-state index in [4.69, 9.17) is 9.15 Å². The van der Waals surface area contributed by atoms with Crippen molar-refractivity contribution in [1.29, 1.82) is 0 Å². The number of aromatic nitrogens is 1. The molecule has 25 heavy (non-hydrogen) atoms. The maximum absolute atomic E-state index is 12.0. The van der Waals surface area contributed by atoms with E-state index in [1.165, 1.54) is 17.6 Å². The molecule has 0 fully saturated rings. The van der Waals surface area contributed by atoms with Crippen molar-refractivity contribution >= 4 is 22.9 Å². The van der Waals surface area contributed by atoms with Crippen LogP contribution >= 0.6 is 0 Å². The number of hydrogen-bond acceptors (Lipinski definition) is 5. The van der Waals surface area contributed by atoms with Crippen LogP contribution in [0.2, 0.25) is 0 Å². The van der Waals surface area contributed by atoms with E-state index in [1.54, 1.807) is 12.1 Å². The minimum atomic E-state index is -0.657. The van der Waals surface area contributed by atoms with Gasteiger partial charge in [-0.05, 0) is 30.7 Å². The van der Waals surface area contributed by atoms with E-state index in [0.29, 0.717) is 17.5 Å². The van der Waals surface area contributed by atoms with Gasteiger partial charge >= 0.3 is 11.7 Å². The highest BCUT2D eigenvalue weighted by molar-refractivity contribution is 5.97. The van der Waals surface area contributed by atoms with Crippen LogP contribution in [-0.4, -0.2) is 22.9 Å². The van der Waals surface area contributed by atoms with Crippen molar-refractivity contribution in [2.45, 2.75) is 19.9 Å². The first-order chi connectivity index (χ1) is 12.0. The molecule has 0 atom stereocenters. The van der Waals surface area contributed by atoms with Crippen LogP contribution in [0.5, 0.6) is 0 Å². The number of fused-ring (bicyclic) bond motifs is 1. The molecule has 0 amide bonds. The summed E-state index contributed by atoms with van der Waals surface area (Å²) in [6.45, 7) is 1.43. The highest BCUT2D eigenvalue weighted by Gasteiger charge is 2.14. The lowest BCUT2D eigenvalue weighted by Gasteiger charge is -2.05. The van der Waals surface area contributed by atoms with Crippen molar-refractivity contribution in [3.8, 4) is 0 Å². The maximum Gasteiger partial charge on any atom is 0.420 e. The Hall–Kier alpha value is -3.15. The van der Waals surface area contributed by atoms with Crippen molar-refractivity contribution in [1.82, 2.24) is 4.57 Å². The van der Waals surface area contributed by atoms with Crippen molar-refractivity contribution in [2.75, 3.05) is 6.61 Å². The van der Waals surface area contributed by atoms with E-state index in [2.05, 4.69) is 0 Å². The van der Waals surface area contributed by atoms with Gasteiger partial charge in [-0.1, -0.05) is 30.3 Å². The second-order valence-electron chi connectivity index (χ2n) is 5.65. The molecule has 0 aliphatic rings. The van der Waals surface area contributed by atoms with Crippen LogP contribution in [-0.2, 0) is 22.5 Å². The monoisotopic (exact) mass is 339 g/mol. The fraction of sp³-hybridized carbons (Fsp3) is 0.211. The first-order valence-electron chi connectivity index (χ1n) is 7.88. The molecule has 6 heteroatoms. The van der Waals surface area contributed by atoms with Gasteiger partial charge in [-0.25, -0.2) is 4.79 Å². The largest absolute Gasteiger partial charge is 0.464 e. The van der Waals surface area contributed by atoms with Gasteiger partial charge in [-0.15, -0.1) is 0 Å². The lowest BCUT2D eigenvalue weighted by atomic mass is 10.1. The van der Waals surface area contributed by atoms with Crippen LogP contribution in [0.3, 0.4) is 0 Å². The number of carbonyl (C=O) groups is 2. The number of hydrogen-bond donors (Lipinski definition) is 0. The van der Waals surface area contributed by atoms with Crippen molar-refractivity contribution < 1.29 is 18.7 Å². The second kappa shape index (κ2) is 7.17. The SMILES string of the molecule is CC(=O)c1ccc2c(c1)oc(=O)n2CC(=O)OCCc1ccccc1. The van der Waals surface area contributed by atoms with E-state index in [-0.39, 0.29) is 24.5 Å². The Bertz CT molecular complexity index is 968. The number of carbonyl (C=O) groups excluding carboxylic acids is 2. The number of nitrogens with zero attached hydrogens (tertiary/aromatic N) is 1. The Morgan fingerprint density at radius 1 is 1.12 bits per heavy atom. The summed E-state index contributed by atoms with van der Waals surface area (Å²) in [4.78, 5) is 35.3. The van der Waals surface area contributed by atoms with Crippen LogP contribution < -0.4 is 5.76 Å². The number of esters is 1. The van der Waals surface area contributed by atoms with Crippen LogP contribution in [0.15, 0.2) is 57.7 Å². The number of rotatable bonds is 6. The number of ether oxygens (including phenoxy) is 1. The van der Waals surface area contributed by atoms with Gasteiger partial charge in [-0.3, -0.25) is 14.2 Å². The van der Waals surface area contributed by atoms with Crippen molar-refractivity contribution in [2.24, 2.45) is 0 Å². The topological polar surface area (TPSA) is 78.5 Å². The average molecular weight is 339 g/mol. The predicted octanol–water partition coefficient (Wildman–Crippen LogP) is 2.58. The molecule has 3 rings (SSSR count). The van der Waals surface area contributed by atoms with Crippen LogP contribution in [0.4, 0.5) is 0 Å². The lowest BCUT2D eigenvalue weighted by Crippen LogP contribution is -2.22. The summed E-state index contributed by atoms with van der Waals surface area (Å²) in [6.07, 6.45) is 0.607. The normalized spacial score (nSPS) is 10.8. The van der Waals surface area contributed by atoms with Gasteiger partial charge < -0.3 is 9.15 Å². The number of oxazole rings is 1. The summed E-state index contributed by atoms with van der Waals surface area (Å²) < 4.78 is 11.5. The summed E-state index contributed by atoms with van der Waals surface area (Å²) in [7, 11) is 0. The number of ketones is 1. The molecule has 6 nitrogen and oxygen atoms in total. The predicted molar refractivity (Wildman–Crippen MR) is 91.6 cm³/mol.